The van der Waals surface area contributed by atoms with Gasteiger partial charge in [0.1, 0.15) is 5.69 Å². The molecule has 2 aromatic carbocycles. The first-order chi connectivity index (χ1) is 23.8. The maximum Gasteiger partial charge on any atom is 0.416 e. The van der Waals surface area contributed by atoms with Crippen molar-refractivity contribution >= 4 is 11.9 Å². The van der Waals surface area contributed by atoms with Gasteiger partial charge in [-0.05, 0) is 81.1 Å². The van der Waals surface area contributed by atoms with Gasteiger partial charge in [0, 0.05) is 30.8 Å². The predicted molar refractivity (Wildman–Crippen MR) is 180 cm³/mol. The molecule has 2 amide bonds. The summed E-state index contributed by atoms with van der Waals surface area (Å²) in [6.07, 6.45) is 0.909. The lowest BCUT2D eigenvalue weighted by atomic mass is 9.85. The molecule has 2 fully saturated rings. The standard InChI is InChI=1S/C36H39F3N8O3/c1-23-32(31-15-18-41-46(31)29-13-7-24(22-40)8-14-29)45(35(50)44(23)30-6-4-5-26(21-30)36(37,38)39)34(49)43-27-11-9-25(10-12-27)33(48)42-28-16-19-47(2,3)20-17-28/h4-8,13-15,18,21,25,27-28H,9-12,16-17,19-20H2,1-3H3,(H-,42,43,48,49)/p+1/t25-,27-. The largest absolute Gasteiger partial charge is 0.416 e. The number of rotatable bonds is 6. The molecule has 0 atom stereocenters. The molecular weight excluding hydrogens is 649 g/mol. The van der Waals surface area contributed by atoms with Gasteiger partial charge >= 0.3 is 17.9 Å². The van der Waals surface area contributed by atoms with E-state index in [0.717, 1.165) is 51.7 Å². The monoisotopic (exact) mass is 689 g/mol. The number of halogens is 3. The number of amides is 2. The van der Waals surface area contributed by atoms with Gasteiger partial charge in [0.25, 0.3) is 0 Å². The number of aromatic nitrogens is 4. The Hall–Kier alpha value is -5.16. The van der Waals surface area contributed by atoms with Crippen LogP contribution in [0.4, 0.5) is 18.0 Å². The van der Waals surface area contributed by atoms with Crippen LogP contribution in [0.1, 0.15) is 55.3 Å². The van der Waals surface area contributed by atoms with E-state index < -0.39 is 23.5 Å². The molecule has 6 rings (SSSR count). The number of imidazole rings is 1. The van der Waals surface area contributed by atoms with Crippen LogP contribution in [-0.4, -0.2) is 74.6 Å². The zero-order valence-corrected chi connectivity index (χ0v) is 28.2. The summed E-state index contributed by atoms with van der Waals surface area (Å²) in [7, 11) is 4.38. The van der Waals surface area contributed by atoms with Crippen LogP contribution >= 0.6 is 0 Å². The molecule has 0 spiro atoms. The molecule has 262 valence electrons. The molecule has 11 nitrogen and oxygen atoms in total. The van der Waals surface area contributed by atoms with Crippen molar-refractivity contribution in [3.05, 3.63) is 88.1 Å². The van der Waals surface area contributed by atoms with E-state index in [2.05, 4.69) is 35.9 Å². The molecule has 1 aliphatic carbocycles. The second kappa shape index (κ2) is 13.6. The molecular formula is C36H40F3N8O3+. The number of alkyl halides is 3. The third-order valence-corrected chi connectivity index (χ3v) is 9.98. The topological polar surface area (TPSA) is 127 Å². The number of hydrogen-bond donors (Lipinski definition) is 2. The van der Waals surface area contributed by atoms with Crippen molar-refractivity contribution in [3.8, 4) is 28.8 Å². The Morgan fingerprint density at radius 1 is 0.920 bits per heavy atom. The zero-order chi connectivity index (χ0) is 35.8. The van der Waals surface area contributed by atoms with Crippen LogP contribution in [0.3, 0.4) is 0 Å². The highest BCUT2D eigenvalue weighted by Crippen LogP contribution is 2.32. The van der Waals surface area contributed by atoms with Crippen LogP contribution in [-0.2, 0) is 11.0 Å². The number of hydrogen-bond acceptors (Lipinski definition) is 5. The van der Waals surface area contributed by atoms with Crippen molar-refractivity contribution < 1.29 is 27.2 Å². The van der Waals surface area contributed by atoms with E-state index in [1.54, 1.807) is 37.3 Å². The van der Waals surface area contributed by atoms with Gasteiger partial charge in [-0.25, -0.2) is 18.8 Å². The first-order valence-corrected chi connectivity index (χ1v) is 16.8. The van der Waals surface area contributed by atoms with Crippen LogP contribution < -0.4 is 16.3 Å². The number of carbonyl (C=O) groups is 2. The fraction of sp³-hybridized carbons (Fsp3) is 0.417. The van der Waals surface area contributed by atoms with Gasteiger partial charge in [0.05, 0.1) is 73.3 Å². The number of likely N-dealkylation sites (tertiary alicyclic amines) is 1. The summed E-state index contributed by atoms with van der Waals surface area (Å²) in [5.74, 6) is -0.132. The molecule has 50 heavy (non-hydrogen) atoms. The van der Waals surface area contributed by atoms with Crippen molar-refractivity contribution in [3.63, 3.8) is 0 Å². The summed E-state index contributed by atoms with van der Waals surface area (Å²) in [5, 5.41) is 19.8. The minimum Gasteiger partial charge on any atom is -0.353 e. The molecule has 2 N–H and O–H groups in total. The first kappa shape index (κ1) is 34.7. The molecule has 1 saturated carbocycles. The number of piperidine rings is 1. The van der Waals surface area contributed by atoms with Crippen molar-refractivity contribution in [1.29, 1.82) is 5.26 Å². The highest BCUT2D eigenvalue weighted by atomic mass is 19.4. The van der Waals surface area contributed by atoms with Gasteiger partial charge in [-0.1, -0.05) is 6.07 Å². The maximum absolute atomic E-state index is 14.1. The predicted octanol–water partition coefficient (Wildman–Crippen LogP) is 5.16. The smallest absolute Gasteiger partial charge is 0.353 e. The van der Waals surface area contributed by atoms with Gasteiger partial charge in [-0.2, -0.15) is 23.5 Å². The fourth-order valence-electron chi connectivity index (χ4n) is 7.06. The van der Waals surface area contributed by atoms with Gasteiger partial charge in [0.2, 0.25) is 5.91 Å². The second-order valence-electron chi connectivity index (χ2n) is 13.9. The molecule has 2 aromatic heterocycles. The number of quaternary nitrogens is 1. The Labute approximate surface area is 287 Å². The lowest BCUT2D eigenvalue weighted by Crippen LogP contribution is -2.52. The highest BCUT2D eigenvalue weighted by Gasteiger charge is 2.34. The zero-order valence-electron chi connectivity index (χ0n) is 28.2. The van der Waals surface area contributed by atoms with Gasteiger partial charge in [-0.15, -0.1) is 0 Å². The first-order valence-electron chi connectivity index (χ1n) is 16.8. The Morgan fingerprint density at radius 3 is 2.22 bits per heavy atom. The molecule has 0 bridgehead atoms. The molecule has 14 heteroatoms. The molecule has 1 saturated heterocycles. The van der Waals surface area contributed by atoms with E-state index >= 15 is 0 Å². The van der Waals surface area contributed by atoms with E-state index in [9.17, 15) is 32.8 Å². The number of nitrogens with one attached hydrogen (secondary N) is 2. The second-order valence-corrected chi connectivity index (χ2v) is 13.9. The summed E-state index contributed by atoms with van der Waals surface area (Å²) < 4.78 is 45.5. The van der Waals surface area contributed by atoms with Crippen LogP contribution in [0.25, 0.3) is 22.8 Å². The minimum atomic E-state index is -4.65. The van der Waals surface area contributed by atoms with Crippen molar-refractivity contribution in [2.45, 2.75) is 63.7 Å². The molecule has 3 heterocycles. The van der Waals surface area contributed by atoms with Crippen molar-refractivity contribution in [2.75, 3.05) is 27.2 Å². The lowest BCUT2D eigenvalue weighted by Gasteiger charge is -2.38. The average molecular weight is 690 g/mol. The Balaban J connectivity index is 1.28. The average Bonchev–Trinajstić information content (AvgIpc) is 3.67. The normalized spacial score (nSPS) is 19.5. The Bertz CT molecular complexity index is 1980. The maximum atomic E-state index is 14.1. The summed E-state index contributed by atoms with van der Waals surface area (Å²) in [5.41, 5.74) is -0.141. The van der Waals surface area contributed by atoms with Gasteiger partial charge < -0.3 is 15.1 Å². The van der Waals surface area contributed by atoms with Crippen molar-refractivity contribution in [1.82, 2.24) is 29.5 Å². The molecule has 0 radical (unpaired) electrons. The lowest BCUT2D eigenvalue weighted by molar-refractivity contribution is -0.895. The fourth-order valence-corrected chi connectivity index (χ4v) is 7.06. The SMILES string of the molecule is Cc1c(-c2ccnn2-c2ccc(C#N)cc2)n(C(=O)N[C@H]2CC[C@H](C(=O)NC3CC[N+](C)(C)CC3)CC2)c(=O)n1-c1cccc(C(F)(F)F)c1. The van der Waals surface area contributed by atoms with E-state index in [4.69, 9.17) is 0 Å². The van der Waals surface area contributed by atoms with Crippen molar-refractivity contribution in [2.24, 2.45) is 5.92 Å². The summed E-state index contributed by atoms with van der Waals surface area (Å²) in [6.45, 7) is 3.58. The minimum absolute atomic E-state index is 0.0374. The number of carbonyl (C=O) groups excluding carboxylic acids is 2. The molecule has 1 aliphatic heterocycles. The Kier molecular flexibility index (Phi) is 9.46. The van der Waals surface area contributed by atoms with Crippen LogP contribution in [0.15, 0.2) is 65.6 Å². The summed E-state index contributed by atoms with van der Waals surface area (Å²) in [6, 6.07) is 13.7. The van der Waals surface area contributed by atoms with Crippen LogP contribution in [0.2, 0.25) is 0 Å². The Morgan fingerprint density at radius 2 is 1.58 bits per heavy atom. The summed E-state index contributed by atoms with van der Waals surface area (Å²) in [4.78, 5) is 41.3. The van der Waals surface area contributed by atoms with Crippen LogP contribution in [0.5, 0.6) is 0 Å². The molecule has 4 aromatic rings. The van der Waals surface area contributed by atoms with E-state index in [1.165, 1.54) is 23.0 Å². The van der Waals surface area contributed by atoms with E-state index in [1.807, 2.05) is 0 Å². The van der Waals surface area contributed by atoms with E-state index in [0.29, 0.717) is 42.6 Å². The quantitative estimate of drug-likeness (QED) is 0.271. The molecule has 0 unspecified atom stereocenters. The van der Waals surface area contributed by atoms with Gasteiger partial charge in [0.15, 0.2) is 0 Å². The third kappa shape index (κ3) is 7.09. The summed E-state index contributed by atoms with van der Waals surface area (Å²) >= 11 is 0. The van der Waals surface area contributed by atoms with Gasteiger partial charge in [-0.3, -0.25) is 9.36 Å². The van der Waals surface area contributed by atoms with Crippen LogP contribution in [0, 0.1) is 24.2 Å². The van der Waals surface area contributed by atoms with E-state index in [-0.39, 0.29) is 41.0 Å². The number of nitriles is 1. The number of benzene rings is 2. The molecule has 2 aliphatic rings. The number of nitrogens with zero attached hydrogens (tertiary/aromatic N) is 6. The highest BCUT2D eigenvalue weighted by molar-refractivity contribution is 5.84. The third-order valence-electron chi connectivity index (χ3n) is 9.98.